The first kappa shape index (κ1) is 10.7. The van der Waals surface area contributed by atoms with Gasteiger partial charge >= 0.3 is 0 Å². The number of nitrogens with one attached hydrogen (secondary N) is 1. The van der Waals surface area contributed by atoms with Gasteiger partial charge in [-0.15, -0.1) is 0 Å². The van der Waals surface area contributed by atoms with Crippen LogP contribution in [0, 0.1) is 0 Å². The Morgan fingerprint density at radius 3 is 3.00 bits per heavy atom. The Labute approximate surface area is 91.9 Å². The Balaban J connectivity index is 2.20. The maximum atomic E-state index is 4.53. The molecule has 84 valence electrons. The maximum absolute atomic E-state index is 4.53. The molecule has 0 radical (unpaired) electrons. The van der Waals surface area contributed by atoms with Crippen LogP contribution in [0.4, 0.5) is 0 Å². The molecule has 1 saturated carbocycles. The van der Waals surface area contributed by atoms with Crippen LogP contribution in [0.1, 0.15) is 44.3 Å². The molecule has 3 heteroatoms. The van der Waals surface area contributed by atoms with Gasteiger partial charge in [-0.3, -0.25) is 0 Å². The Bertz CT molecular complexity index is 306. The number of likely N-dealkylation sites (N-methyl/N-ethyl adjacent to an activating group) is 1. The summed E-state index contributed by atoms with van der Waals surface area (Å²) in [7, 11) is 2.07. The summed E-state index contributed by atoms with van der Waals surface area (Å²) in [6.07, 6.45) is 9.30. The molecule has 0 aromatic carbocycles. The average molecular weight is 207 g/mol. The molecule has 2 rings (SSSR count). The van der Waals surface area contributed by atoms with E-state index in [2.05, 4.69) is 35.0 Å². The monoisotopic (exact) mass is 207 g/mol. The minimum Gasteiger partial charge on any atom is -0.335 e. The first-order chi connectivity index (χ1) is 7.36. The van der Waals surface area contributed by atoms with Crippen LogP contribution in [0.3, 0.4) is 0 Å². The van der Waals surface area contributed by atoms with E-state index in [9.17, 15) is 0 Å². The molecule has 2 unspecified atom stereocenters. The predicted molar refractivity (Wildman–Crippen MR) is 62.0 cm³/mol. The second kappa shape index (κ2) is 4.79. The molecule has 1 aliphatic carbocycles. The van der Waals surface area contributed by atoms with Crippen molar-refractivity contribution in [2.75, 3.05) is 7.05 Å². The quantitative estimate of drug-likeness (QED) is 0.823. The molecule has 15 heavy (non-hydrogen) atoms. The molecule has 0 amide bonds. The smallest absolute Gasteiger partial charge is 0.113 e. The van der Waals surface area contributed by atoms with Crippen LogP contribution >= 0.6 is 0 Å². The van der Waals surface area contributed by atoms with Crippen molar-refractivity contribution in [2.24, 2.45) is 0 Å². The SMILES string of the molecule is CCn1ccnc1C1CCCCC1NC. The molecule has 0 saturated heterocycles. The van der Waals surface area contributed by atoms with Crippen LogP contribution in [0.25, 0.3) is 0 Å². The minimum atomic E-state index is 0.610. The number of hydrogen-bond donors (Lipinski definition) is 1. The predicted octanol–water partition coefficient (Wildman–Crippen LogP) is 2.15. The summed E-state index contributed by atoms with van der Waals surface area (Å²) in [6.45, 7) is 3.21. The fourth-order valence-electron chi connectivity index (χ4n) is 2.70. The zero-order valence-electron chi connectivity index (χ0n) is 9.74. The fourth-order valence-corrected chi connectivity index (χ4v) is 2.70. The highest BCUT2D eigenvalue weighted by Gasteiger charge is 2.27. The van der Waals surface area contributed by atoms with Crippen molar-refractivity contribution >= 4 is 0 Å². The topological polar surface area (TPSA) is 29.9 Å². The zero-order valence-corrected chi connectivity index (χ0v) is 9.74. The molecule has 1 heterocycles. The van der Waals surface area contributed by atoms with E-state index < -0.39 is 0 Å². The van der Waals surface area contributed by atoms with E-state index in [1.807, 2.05) is 6.20 Å². The van der Waals surface area contributed by atoms with Gasteiger partial charge in [0.1, 0.15) is 5.82 Å². The van der Waals surface area contributed by atoms with Crippen molar-refractivity contribution in [2.45, 2.75) is 51.1 Å². The molecule has 1 fully saturated rings. The van der Waals surface area contributed by atoms with E-state index in [0.29, 0.717) is 12.0 Å². The summed E-state index contributed by atoms with van der Waals surface area (Å²) < 4.78 is 2.28. The van der Waals surface area contributed by atoms with Crippen molar-refractivity contribution in [3.63, 3.8) is 0 Å². The van der Waals surface area contributed by atoms with Gasteiger partial charge in [0.2, 0.25) is 0 Å². The molecule has 0 spiro atoms. The highest BCUT2D eigenvalue weighted by Crippen LogP contribution is 2.31. The zero-order chi connectivity index (χ0) is 10.7. The van der Waals surface area contributed by atoms with Crippen LogP contribution in [0.5, 0.6) is 0 Å². The summed E-state index contributed by atoms with van der Waals surface area (Å²) in [5.74, 6) is 1.88. The molecular formula is C12H21N3. The molecule has 1 N–H and O–H groups in total. The van der Waals surface area contributed by atoms with Crippen molar-refractivity contribution < 1.29 is 0 Å². The normalized spacial score (nSPS) is 26.8. The lowest BCUT2D eigenvalue weighted by molar-refractivity contribution is 0.327. The standard InChI is InChI=1S/C12H21N3/c1-3-15-9-8-14-12(15)10-6-4-5-7-11(10)13-2/h8-11,13H,3-7H2,1-2H3. The Morgan fingerprint density at radius 1 is 1.47 bits per heavy atom. The second-order valence-electron chi connectivity index (χ2n) is 4.36. The van der Waals surface area contributed by atoms with E-state index in [0.717, 1.165) is 6.54 Å². The third-order valence-corrected chi connectivity index (χ3v) is 3.56. The summed E-state index contributed by atoms with van der Waals surface area (Å²) in [5, 5.41) is 3.44. The lowest BCUT2D eigenvalue weighted by Gasteiger charge is -2.31. The second-order valence-corrected chi connectivity index (χ2v) is 4.36. The van der Waals surface area contributed by atoms with Crippen molar-refractivity contribution in [1.82, 2.24) is 14.9 Å². The van der Waals surface area contributed by atoms with Gasteiger partial charge in [-0.05, 0) is 26.8 Å². The summed E-state index contributed by atoms with van der Waals surface area (Å²) in [6, 6.07) is 0.617. The minimum absolute atomic E-state index is 0.610. The van der Waals surface area contributed by atoms with Crippen LogP contribution in [0.15, 0.2) is 12.4 Å². The van der Waals surface area contributed by atoms with Gasteiger partial charge in [0, 0.05) is 30.9 Å². The Morgan fingerprint density at radius 2 is 2.27 bits per heavy atom. The van der Waals surface area contributed by atoms with E-state index in [-0.39, 0.29) is 0 Å². The van der Waals surface area contributed by atoms with E-state index in [1.165, 1.54) is 31.5 Å². The number of hydrogen-bond acceptors (Lipinski definition) is 2. The Hall–Kier alpha value is -0.830. The maximum Gasteiger partial charge on any atom is 0.113 e. The lowest BCUT2D eigenvalue weighted by Crippen LogP contribution is -2.36. The van der Waals surface area contributed by atoms with Gasteiger partial charge in [-0.1, -0.05) is 12.8 Å². The molecule has 0 bridgehead atoms. The van der Waals surface area contributed by atoms with Crippen molar-refractivity contribution in [3.8, 4) is 0 Å². The van der Waals surface area contributed by atoms with Gasteiger partial charge in [0.25, 0.3) is 0 Å². The van der Waals surface area contributed by atoms with Crippen LogP contribution in [0.2, 0.25) is 0 Å². The van der Waals surface area contributed by atoms with Gasteiger partial charge in [0.05, 0.1) is 0 Å². The average Bonchev–Trinajstić information content (AvgIpc) is 2.76. The van der Waals surface area contributed by atoms with Crippen LogP contribution in [-0.2, 0) is 6.54 Å². The summed E-state index contributed by atoms with van der Waals surface area (Å²) in [4.78, 5) is 4.53. The van der Waals surface area contributed by atoms with Crippen LogP contribution in [-0.4, -0.2) is 22.6 Å². The molecule has 1 aromatic heterocycles. The molecule has 1 aromatic rings. The van der Waals surface area contributed by atoms with Crippen molar-refractivity contribution in [1.29, 1.82) is 0 Å². The van der Waals surface area contributed by atoms with Gasteiger partial charge < -0.3 is 9.88 Å². The first-order valence-electron chi connectivity index (χ1n) is 6.05. The van der Waals surface area contributed by atoms with E-state index in [1.54, 1.807) is 0 Å². The molecule has 0 aliphatic heterocycles. The first-order valence-corrected chi connectivity index (χ1v) is 6.05. The largest absolute Gasteiger partial charge is 0.335 e. The van der Waals surface area contributed by atoms with Crippen molar-refractivity contribution in [3.05, 3.63) is 18.2 Å². The van der Waals surface area contributed by atoms with Gasteiger partial charge in [0.15, 0.2) is 0 Å². The molecule has 1 aliphatic rings. The van der Waals surface area contributed by atoms with Gasteiger partial charge in [-0.2, -0.15) is 0 Å². The Kier molecular flexibility index (Phi) is 3.41. The number of aromatic nitrogens is 2. The highest BCUT2D eigenvalue weighted by atomic mass is 15.1. The summed E-state index contributed by atoms with van der Waals surface area (Å²) >= 11 is 0. The highest BCUT2D eigenvalue weighted by molar-refractivity contribution is 5.06. The molecule has 2 atom stereocenters. The number of rotatable bonds is 3. The van der Waals surface area contributed by atoms with Gasteiger partial charge in [-0.25, -0.2) is 4.98 Å². The fraction of sp³-hybridized carbons (Fsp3) is 0.750. The van der Waals surface area contributed by atoms with Crippen LogP contribution < -0.4 is 5.32 Å². The van der Waals surface area contributed by atoms with E-state index in [4.69, 9.17) is 0 Å². The number of imidazole rings is 1. The number of nitrogens with zero attached hydrogens (tertiary/aromatic N) is 2. The number of aryl methyl sites for hydroxylation is 1. The molecule has 3 nitrogen and oxygen atoms in total. The third-order valence-electron chi connectivity index (χ3n) is 3.56. The lowest BCUT2D eigenvalue weighted by atomic mass is 9.84. The van der Waals surface area contributed by atoms with E-state index >= 15 is 0 Å². The summed E-state index contributed by atoms with van der Waals surface area (Å²) in [5.41, 5.74) is 0. The third kappa shape index (κ3) is 2.07. The molecular weight excluding hydrogens is 186 g/mol.